The molecule has 0 unspecified atom stereocenters. The second-order valence-electron chi connectivity index (χ2n) is 10.2. The summed E-state index contributed by atoms with van der Waals surface area (Å²) in [5.41, 5.74) is 3.01. The normalized spacial score (nSPS) is 14.6. The maximum atomic E-state index is 14.3. The van der Waals surface area contributed by atoms with Crippen molar-refractivity contribution in [2.45, 2.75) is 57.5 Å². The molecule has 0 bridgehead atoms. The summed E-state index contributed by atoms with van der Waals surface area (Å²) in [4.78, 5) is 45.7. The SMILES string of the molecule is CC(=O)c1ccccc1N(C(=O)Cc1c[nH]c2ccccc12)[C@H](C(=O)NC1CCCCC1)c1ccc(O)cc1. The number of para-hydroxylation sites is 2. The summed E-state index contributed by atoms with van der Waals surface area (Å²) in [7, 11) is 0. The summed E-state index contributed by atoms with van der Waals surface area (Å²) in [6, 6.07) is 20.0. The number of rotatable bonds is 8. The minimum Gasteiger partial charge on any atom is -0.508 e. The van der Waals surface area contributed by atoms with E-state index >= 15 is 0 Å². The fourth-order valence-corrected chi connectivity index (χ4v) is 5.53. The molecule has 7 nitrogen and oxygen atoms in total. The zero-order valence-electron chi connectivity index (χ0n) is 22.0. The maximum Gasteiger partial charge on any atom is 0.248 e. The monoisotopic (exact) mass is 523 g/mol. The molecule has 1 aliphatic rings. The number of anilines is 1. The van der Waals surface area contributed by atoms with Gasteiger partial charge in [0, 0.05) is 28.7 Å². The minimum absolute atomic E-state index is 0.0273. The summed E-state index contributed by atoms with van der Waals surface area (Å²) >= 11 is 0. The van der Waals surface area contributed by atoms with Gasteiger partial charge < -0.3 is 15.4 Å². The number of aromatic nitrogens is 1. The summed E-state index contributed by atoms with van der Waals surface area (Å²) in [6.07, 6.45) is 6.87. The van der Waals surface area contributed by atoms with Crippen LogP contribution >= 0.6 is 0 Å². The Morgan fingerprint density at radius 3 is 2.38 bits per heavy atom. The van der Waals surface area contributed by atoms with Crippen LogP contribution in [0.5, 0.6) is 5.75 Å². The Morgan fingerprint density at radius 2 is 1.64 bits per heavy atom. The summed E-state index contributed by atoms with van der Waals surface area (Å²) in [5, 5.41) is 14.1. The Labute approximate surface area is 227 Å². The van der Waals surface area contributed by atoms with E-state index in [0.717, 1.165) is 48.6 Å². The zero-order valence-corrected chi connectivity index (χ0v) is 22.0. The summed E-state index contributed by atoms with van der Waals surface area (Å²) < 4.78 is 0. The van der Waals surface area contributed by atoms with E-state index in [1.165, 1.54) is 24.0 Å². The molecule has 200 valence electrons. The highest BCUT2D eigenvalue weighted by atomic mass is 16.3. The van der Waals surface area contributed by atoms with Gasteiger partial charge in [0.15, 0.2) is 5.78 Å². The van der Waals surface area contributed by atoms with Crippen molar-refractivity contribution in [2.24, 2.45) is 0 Å². The molecule has 1 heterocycles. The highest BCUT2D eigenvalue weighted by Gasteiger charge is 2.35. The number of carbonyl (C=O) groups excluding carboxylic acids is 3. The molecule has 1 saturated carbocycles. The lowest BCUT2D eigenvalue weighted by atomic mass is 9.94. The molecule has 1 aliphatic carbocycles. The van der Waals surface area contributed by atoms with E-state index in [1.54, 1.807) is 36.4 Å². The average Bonchev–Trinajstić information content (AvgIpc) is 3.35. The van der Waals surface area contributed by atoms with Crippen molar-refractivity contribution in [3.05, 3.63) is 95.7 Å². The molecule has 0 radical (unpaired) electrons. The Kier molecular flexibility index (Phi) is 7.77. The highest BCUT2D eigenvalue weighted by molar-refractivity contribution is 6.09. The van der Waals surface area contributed by atoms with Crippen LogP contribution in [0, 0.1) is 0 Å². The Bertz CT molecular complexity index is 1480. The number of phenolic OH excluding ortho intramolecular Hbond substituents is 1. The molecule has 4 aromatic rings. The Hall–Kier alpha value is -4.39. The molecule has 1 atom stereocenters. The van der Waals surface area contributed by atoms with Crippen LogP contribution in [0.25, 0.3) is 10.9 Å². The van der Waals surface area contributed by atoms with Gasteiger partial charge >= 0.3 is 0 Å². The van der Waals surface area contributed by atoms with Crippen LogP contribution in [-0.4, -0.2) is 33.7 Å². The molecule has 7 heteroatoms. The van der Waals surface area contributed by atoms with Gasteiger partial charge in [0.05, 0.1) is 12.1 Å². The van der Waals surface area contributed by atoms with Crippen LogP contribution in [0.4, 0.5) is 5.69 Å². The van der Waals surface area contributed by atoms with Gasteiger partial charge in [-0.3, -0.25) is 19.3 Å². The van der Waals surface area contributed by atoms with Gasteiger partial charge in [0.1, 0.15) is 11.8 Å². The van der Waals surface area contributed by atoms with E-state index in [0.29, 0.717) is 16.8 Å². The molecule has 1 aromatic heterocycles. The predicted octanol–water partition coefficient (Wildman–Crippen LogP) is 5.84. The average molecular weight is 524 g/mol. The van der Waals surface area contributed by atoms with Gasteiger partial charge in [-0.25, -0.2) is 0 Å². The van der Waals surface area contributed by atoms with E-state index in [-0.39, 0.29) is 35.8 Å². The number of amides is 2. The number of Topliss-reactive ketones (excluding diaryl/α,β-unsaturated/α-hetero) is 1. The number of nitrogens with zero attached hydrogens (tertiary/aromatic N) is 1. The van der Waals surface area contributed by atoms with Gasteiger partial charge in [0.25, 0.3) is 0 Å². The van der Waals surface area contributed by atoms with Crippen molar-refractivity contribution in [2.75, 3.05) is 4.90 Å². The second-order valence-corrected chi connectivity index (χ2v) is 10.2. The van der Waals surface area contributed by atoms with E-state index in [4.69, 9.17) is 0 Å². The van der Waals surface area contributed by atoms with Crippen molar-refractivity contribution < 1.29 is 19.5 Å². The van der Waals surface area contributed by atoms with Gasteiger partial charge in [-0.1, -0.05) is 61.7 Å². The molecular formula is C32H33N3O4. The van der Waals surface area contributed by atoms with Crippen molar-refractivity contribution in [1.29, 1.82) is 0 Å². The Morgan fingerprint density at radius 1 is 0.949 bits per heavy atom. The van der Waals surface area contributed by atoms with Crippen LogP contribution in [-0.2, 0) is 16.0 Å². The van der Waals surface area contributed by atoms with E-state index in [1.807, 2.05) is 30.5 Å². The molecule has 0 spiro atoms. The number of carbonyl (C=O) groups is 3. The van der Waals surface area contributed by atoms with Gasteiger partial charge in [-0.15, -0.1) is 0 Å². The third kappa shape index (κ3) is 5.72. The molecule has 0 aliphatic heterocycles. The quantitative estimate of drug-likeness (QED) is 0.252. The van der Waals surface area contributed by atoms with Crippen molar-refractivity contribution >= 4 is 34.2 Å². The number of hydrogen-bond acceptors (Lipinski definition) is 4. The van der Waals surface area contributed by atoms with Crippen LogP contribution in [0.3, 0.4) is 0 Å². The smallest absolute Gasteiger partial charge is 0.248 e. The molecule has 3 aromatic carbocycles. The minimum atomic E-state index is -1.04. The van der Waals surface area contributed by atoms with Gasteiger partial charge in [-0.05, 0) is 61.2 Å². The third-order valence-corrected chi connectivity index (χ3v) is 7.50. The van der Waals surface area contributed by atoms with Gasteiger partial charge in [-0.2, -0.15) is 0 Å². The number of aromatic amines is 1. The van der Waals surface area contributed by atoms with Crippen LogP contribution < -0.4 is 10.2 Å². The number of H-pyrrole nitrogens is 1. The fourth-order valence-electron chi connectivity index (χ4n) is 5.53. The fraction of sp³-hybridized carbons (Fsp3) is 0.281. The molecule has 3 N–H and O–H groups in total. The van der Waals surface area contributed by atoms with Crippen molar-refractivity contribution in [3.8, 4) is 5.75 Å². The van der Waals surface area contributed by atoms with Crippen LogP contribution in [0.2, 0.25) is 0 Å². The predicted molar refractivity (Wildman–Crippen MR) is 152 cm³/mol. The lowest BCUT2D eigenvalue weighted by Gasteiger charge is -2.34. The van der Waals surface area contributed by atoms with Crippen LogP contribution in [0.1, 0.15) is 66.6 Å². The number of benzene rings is 3. The van der Waals surface area contributed by atoms with Gasteiger partial charge in [0.2, 0.25) is 11.8 Å². The number of aromatic hydroxyl groups is 1. The first-order valence-corrected chi connectivity index (χ1v) is 13.5. The second kappa shape index (κ2) is 11.6. The molecule has 2 amide bonds. The van der Waals surface area contributed by atoms with E-state index in [2.05, 4.69) is 10.3 Å². The highest BCUT2D eigenvalue weighted by Crippen LogP contribution is 2.33. The number of hydrogen-bond donors (Lipinski definition) is 3. The lowest BCUT2D eigenvalue weighted by Crippen LogP contribution is -2.48. The first kappa shape index (κ1) is 26.2. The molecule has 1 fully saturated rings. The number of fused-ring (bicyclic) bond motifs is 1. The molecule has 0 saturated heterocycles. The summed E-state index contributed by atoms with van der Waals surface area (Å²) in [5.74, 6) is -0.762. The standard InChI is InChI=1S/C32H33N3O4/c1-21(36)26-11-6-8-14-29(26)35(30(38)19-23-20-33-28-13-7-5-12-27(23)28)31(22-15-17-25(37)18-16-22)32(39)34-24-9-3-2-4-10-24/h5-8,11-18,20,24,31,33,37H,2-4,9-10,19H2,1H3,(H,34,39)/t31-/m0/s1. The van der Waals surface area contributed by atoms with Crippen molar-refractivity contribution in [1.82, 2.24) is 10.3 Å². The Balaban J connectivity index is 1.61. The van der Waals surface area contributed by atoms with Crippen molar-refractivity contribution in [3.63, 3.8) is 0 Å². The molecular weight excluding hydrogens is 490 g/mol. The van der Waals surface area contributed by atoms with E-state index < -0.39 is 6.04 Å². The third-order valence-electron chi connectivity index (χ3n) is 7.50. The van der Waals surface area contributed by atoms with Crippen LogP contribution in [0.15, 0.2) is 79.0 Å². The maximum absolute atomic E-state index is 14.3. The topological polar surface area (TPSA) is 103 Å². The zero-order chi connectivity index (χ0) is 27.4. The largest absolute Gasteiger partial charge is 0.508 e. The number of phenols is 1. The summed E-state index contributed by atoms with van der Waals surface area (Å²) in [6.45, 7) is 1.46. The van der Waals surface area contributed by atoms with E-state index in [9.17, 15) is 19.5 Å². The lowest BCUT2D eigenvalue weighted by molar-refractivity contribution is -0.127. The first-order chi connectivity index (χ1) is 18.9. The molecule has 39 heavy (non-hydrogen) atoms. The number of nitrogens with one attached hydrogen (secondary N) is 2. The molecule has 5 rings (SSSR count). The number of ketones is 1. The first-order valence-electron chi connectivity index (χ1n) is 13.5.